The lowest BCUT2D eigenvalue weighted by Crippen LogP contribution is -2.42. The summed E-state index contributed by atoms with van der Waals surface area (Å²) in [7, 11) is 0.0250. The van der Waals surface area contributed by atoms with Gasteiger partial charge in [0, 0.05) is 18.2 Å². The van der Waals surface area contributed by atoms with E-state index in [0.29, 0.717) is 52.4 Å². The van der Waals surface area contributed by atoms with Crippen molar-refractivity contribution in [3.63, 3.8) is 0 Å². The largest absolute Gasteiger partial charge is 0.493 e. The van der Waals surface area contributed by atoms with Crippen LogP contribution in [0, 0.1) is 6.92 Å². The van der Waals surface area contributed by atoms with E-state index in [1.54, 1.807) is 25.0 Å². The van der Waals surface area contributed by atoms with E-state index in [0.717, 1.165) is 24.8 Å². The highest BCUT2D eigenvalue weighted by molar-refractivity contribution is 7.91. The Morgan fingerprint density at radius 1 is 1.08 bits per heavy atom. The minimum Gasteiger partial charge on any atom is -0.493 e. The number of nitrogens with zero attached hydrogens (tertiary/aromatic N) is 4. The molecule has 3 aromatic rings. The highest BCUT2D eigenvalue weighted by Crippen LogP contribution is 2.36. The van der Waals surface area contributed by atoms with Crippen LogP contribution in [0.15, 0.2) is 24.3 Å². The number of amides is 1. The van der Waals surface area contributed by atoms with Gasteiger partial charge in [-0.3, -0.25) is 4.79 Å². The van der Waals surface area contributed by atoms with E-state index in [-0.39, 0.29) is 29.5 Å². The maximum atomic E-state index is 13.9. The number of likely N-dealkylation sites (tertiary alicyclic amines) is 1. The highest BCUT2D eigenvalue weighted by Gasteiger charge is 2.33. The summed E-state index contributed by atoms with van der Waals surface area (Å²) >= 11 is 0. The zero-order chi connectivity index (χ0) is 25.6. The van der Waals surface area contributed by atoms with Crippen LogP contribution in [0.4, 0.5) is 0 Å². The van der Waals surface area contributed by atoms with E-state index in [9.17, 15) is 13.2 Å². The molecular formula is C26H32N4O5S. The van der Waals surface area contributed by atoms with Crippen molar-refractivity contribution in [1.82, 2.24) is 19.7 Å². The fourth-order valence-electron chi connectivity index (χ4n) is 5.40. The van der Waals surface area contributed by atoms with Crippen molar-refractivity contribution in [2.24, 2.45) is 0 Å². The van der Waals surface area contributed by atoms with Gasteiger partial charge >= 0.3 is 0 Å². The van der Waals surface area contributed by atoms with Crippen molar-refractivity contribution in [3.8, 4) is 22.8 Å². The average molecular weight is 513 g/mol. The molecule has 2 atom stereocenters. The first-order valence-electron chi connectivity index (χ1n) is 12.4. The van der Waals surface area contributed by atoms with E-state index in [1.807, 2.05) is 30.0 Å². The molecule has 1 aromatic carbocycles. The molecule has 5 rings (SSSR count). The second-order valence-electron chi connectivity index (χ2n) is 9.75. The van der Waals surface area contributed by atoms with Crippen LogP contribution in [0.3, 0.4) is 0 Å². The van der Waals surface area contributed by atoms with Crippen LogP contribution in [0.2, 0.25) is 0 Å². The second-order valence-corrected chi connectivity index (χ2v) is 12.0. The molecule has 0 saturated carbocycles. The van der Waals surface area contributed by atoms with Crippen molar-refractivity contribution in [1.29, 1.82) is 0 Å². The first kappa shape index (κ1) is 24.5. The van der Waals surface area contributed by atoms with Crippen molar-refractivity contribution in [2.75, 3.05) is 32.3 Å². The fraction of sp³-hybridized carbons (Fsp3) is 0.500. The lowest BCUT2D eigenvalue weighted by atomic mass is 9.99. The van der Waals surface area contributed by atoms with Gasteiger partial charge in [-0.15, -0.1) is 0 Å². The molecule has 2 aromatic heterocycles. The van der Waals surface area contributed by atoms with Crippen molar-refractivity contribution < 1.29 is 22.7 Å². The van der Waals surface area contributed by atoms with E-state index >= 15 is 0 Å². The summed E-state index contributed by atoms with van der Waals surface area (Å²) in [6.07, 6.45) is 3.54. The van der Waals surface area contributed by atoms with E-state index in [1.165, 1.54) is 0 Å². The molecule has 10 heteroatoms. The molecule has 2 saturated heterocycles. The third-order valence-electron chi connectivity index (χ3n) is 7.36. The number of carbonyl (C=O) groups excluding carboxylic acids is 1. The summed E-state index contributed by atoms with van der Waals surface area (Å²) in [6, 6.07) is 7.18. The monoisotopic (exact) mass is 512 g/mol. The van der Waals surface area contributed by atoms with Crippen LogP contribution >= 0.6 is 0 Å². The van der Waals surface area contributed by atoms with Crippen LogP contribution in [0.5, 0.6) is 11.5 Å². The Bertz CT molecular complexity index is 1430. The van der Waals surface area contributed by atoms with Crippen LogP contribution in [0.1, 0.15) is 54.7 Å². The first-order chi connectivity index (χ1) is 17.2. The Balaban J connectivity index is 1.71. The highest BCUT2D eigenvalue weighted by atomic mass is 32.2. The van der Waals surface area contributed by atoms with Gasteiger partial charge in [0.25, 0.3) is 5.91 Å². The topological polar surface area (TPSA) is 104 Å². The summed E-state index contributed by atoms with van der Waals surface area (Å²) in [6.45, 7) is 4.66. The maximum Gasteiger partial charge on any atom is 0.254 e. The molecule has 1 amide bonds. The van der Waals surface area contributed by atoms with E-state index < -0.39 is 9.84 Å². The summed E-state index contributed by atoms with van der Waals surface area (Å²) in [5, 5.41) is 5.40. The smallest absolute Gasteiger partial charge is 0.254 e. The number of hydrogen-bond donors (Lipinski definition) is 0. The number of aromatic nitrogens is 3. The quantitative estimate of drug-likeness (QED) is 0.512. The number of benzene rings is 1. The number of carbonyl (C=O) groups is 1. The molecule has 192 valence electrons. The Labute approximate surface area is 211 Å². The van der Waals surface area contributed by atoms with E-state index in [4.69, 9.17) is 19.6 Å². The number of pyridine rings is 1. The van der Waals surface area contributed by atoms with Crippen molar-refractivity contribution >= 4 is 26.8 Å². The number of fused-ring (bicyclic) bond motifs is 1. The van der Waals surface area contributed by atoms with Gasteiger partial charge in [0.15, 0.2) is 27.0 Å². The van der Waals surface area contributed by atoms with Gasteiger partial charge in [-0.25, -0.2) is 18.1 Å². The molecule has 2 unspecified atom stereocenters. The summed E-state index contributed by atoms with van der Waals surface area (Å²) in [4.78, 5) is 20.8. The number of hydrogen-bond acceptors (Lipinski definition) is 7. The lowest BCUT2D eigenvalue weighted by Gasteiger charge is -2.33. The number of sulfone groups is 1. The number of piperidine rings is 1. The molecular weight excluding hydrogens is 480 g/mol. The zero-order valence-electron chi connectivity index (χ0n) is 21.2. The molecule has 2 aliphatic heterocycles. The van der Waals surface area contributed by atoms with Gasteiger partial charge in [0.1, 0.15) is 0 Å². The molecule has 2 aliphatic rings. The normalized spacial score (nSPS) is 21.6. The van der Waals surface area contributed by atoms with Crippen molar-refractivity contribution in [2.45, 2.75) is 51.6 Å². The van der Waals surface area contributed by atoms with Crippen LogP contribution in [-0.2, 0) is 9.84 Å². The minimum absolute atomic E-state index is 0.0257. The lowest BCUT2D eigenvalue weighted by molar-refractivity contribution is 0.0637. The number of rotatable bonds is 5. The van der Waals surface area contributed by atoms with Gasteiger partial charge in [-0.2, -0.15) is 5.10 Å². The molecule has 0 N–H and O–H groups in total. The zero-order valence-corrected chi connectivity index (χ0v) is 22.0. The van der Waals surface area contributed by atoms with Gasteiger partial charge in [0.2, 0.25) is 0 Å². The number of methoxy groups -OCH3 is 2. The number of aryl methyl sites for hydroxylation is 1. The predicted molar refractivity (Wildman–Crippen MR) is 137 cm³/mol. The van der Waals surface area contributed by atoms with Crippen LogP contribution < -0.4 is 9.47 Å². The second kappa shape index (κ2) is 9.38. The Morgan fingerprint density at radius 3 is 2.53 bits per heavy atom. The molecule has 0 spiro atoms. The molecule has 0 bridgehead atoms. The maximum absolute atomic E-state index is 13.9. The predicted octanol–water partition coefficient (Wildman–Crippen LogP) is 3.80. The molecule has 0 radical (unpaired) electrons. The van der Waals surface area contributed by atoms with Crippen LogP contribution in [0.25, 0.3) is 22.3 Å². The van der Waals surface area contributed by atoms with Crippen molar-refractivity contribution in [3.05, 3.63) is 35.5 Å². The van der Waals surface area contributed by atoms with E-state index in [2.05, 4.69) is 6.92 Å². The summed E-state index contributed by atoms with van der Waals surface area (Å²) in [5.41, 5.74) is 3.12. The Morgan fingerprint density at radius 2 is 1.86 bits per heavy atom. The average Bonchev–Trinajstić information content (AvgIpc) is 3.41. The standard InChI is InChI=1S/C26H32N4O5S/c1-16-7-5-6-11-29(16)26(31)20-14-21(18-8-9-22(34-3)23(13-18)35-4)27-25-24(20)17(2)28-30(25)19-10-12-36(32,33)15-19/h8-9,13-14,16,19H,5-7,10-12,15H2,1-4H3. The molecule has 0 aliphatic carbocycles. The molecule has 2 fully saturated rings. The summed E-state index contributed by atoms with van der Waals surface area (Å²) < 4.78 is 37.1. The third-order valence-corrected chi connectivity index (χ3v) is 9.12. The molecule has 9 nitrogen and oxygen atoms in total. The summed E-state index contributed by atoms with van der Waals surface area (Å²) in [5.74, 6) is 1.26. The van der Waals surface area contributed by atoms with Gasteiger partial charge in [-0.1, -0.05) is 0 Å². The van der Waals surface area contributed by atoms with Gasteiger partial charge in [-0.05, 0) is 63.8 Å². The van der Waals surface area contributed by atoms with Crippen LogP contribution in [-0.4, -0.2) is 72.3 Å². The Kier molecular flexibility index (Phi) is 6.40. The fourth-order valence-corrected chi connectivity index (χ4v) is 7.09. The molecule has 36 heavy (non-hydrogen) atoms. The van der Waals surface area contributed by atoms with Gasteiger partial charge in [0.05, 0.1) is 54.1 Å². The number of ether oxygens (including phenoxy) is 2. The molecule has 4 heterocycles. The first-order valence-corrected chi connectivity index (χ1v) is 14.2. The minimum atomic E-state index is -3.13. The SMILES string of the molecule is COc1ccc(-c2cc(C(=O)N3CCCCC3C)c3c(C)nn(C4CCS(=O)(=O)C4)c3n2)cc1OC. The Hall–Kier alpha value is -3.14. The third kappa shape index (κ3) is 4.31. The van der Waals surface area contributed by atoms with Gasteiger partial charge < -0.3 is 14.4 Å².